The van der Waals surface area contributed by atoms with E-state index in [-0.39, 0.29) is 0 Å². The molecule has 3 heteroatoms. The van der Waals surface area contributed by atoms with Crippen molar-refractivity contribution in [3.8, 4) is 0 Å². The summed E-state index contributed by atoms with van der Waals surface area (Å²) in [6, 6.07) is 2.04. The number of nitrogens with one attached hydrogen (secondary N) is 1. The van der Waals surface area contributed by atoms with E-state index < -0.39 is 0 Å². The summed E-state index contributed by atoms with van der Waals surface area (Å²) in [5, 5.41) is 3.38. The number of rotatable bonds is 8. The number of likely N-dealkylation sites (N-methyl/N-ethyl adjacent to an activating group) is 1. The van der Waals surface area contributed by atoms with Crippen LogP contribution in [0, 0.1) is 0 Å². The predicted octanol–water partition coefficient (Wildman–Crippen LogP) is 2.40. The molecular formula is C13H22N2O. The molecular weight excluding hydrogens is 200 g/mol. The van der Waals surface area contributed by atoms with Crippen LogP contribution in [0.4, 0.5) is 0 Å². The van der Waals surface area contributed by atoms with Crippen LogP contribution in [0.15, 0.2) is 29.4 Å². The lowest BCUT2D eigenvalue weighted by Crippen LogP contribution is -2.19. The van der Waals surface area contributed by atoms with Crippen molar-refractivity contribution in [1.29, 1.82) is 0 Å². The van der Waals surface area contributed by atoms with E-state index >= 15 is 0 Å². The molecule has 0 amide bonds. The van der Waals surface area contributed by atoms with Gasteiger partial charge in [-0.3, -0.25) is 4.90 Å². The van der Waals surface area contributed by atoms with Crippen molar-refractivity contribution in [2.24, 2.45) is 0 Å². The molecule has 0 saturated carbocycles. The molecule has 1 N–H and O–H groups in total. The fourth-order valence-corrected chi connectivity index (χ4v) is 1.59. The topological polar surface area (TPSA) is 28.4 Å². The second-order valence-corrected chi connectivity index (χ2v) is 4.03. The molecule has 1 heterocycles. The Bertz CT molecular complexity index is 307. The zero-order chi connectivity index (χ0) is 11.8. The average Bonchev–Trinajstić information content (AvgIpc) is 2.66. The van der Waals surface area contributed by atoms with Crippen molar-refractivity contribution >= 4 is 0 Å². The first-order chi connectivity index (χ1) is 7.77. The SMILES string of the molecule is C=CCN(C)Cc1occc1CNCCC. The summed E-state index contributed by atoms with van der Waals surface area (Å²) in [6.45, 7) is 9.55. The first-order valence-corrected chi connectivity index (χ1v) is 5.83. The lowest BCUT2D eigenvalue weighted by atomic mass is 10.2. The minimum absolute atomic E-state index is 0.835. The van der Waals surface area contributed by atoms with Gasteiger partial charge in [0.1, 0.15) is 5.76 Å². The second-order valence-electron chi connectivity index (χ2n) is 4.03. The summed E-state index contributed by atoms with van der Waals surface area (Å²) < 4.78 is 5.50. The Kier molecular flexibility index (Phi) is 5.90. The van der Waals surface area contributed by atoms with Crippen LogP contribution in [0.1, 0.15) is 24.7 Å². The maximum atomic E-state index is 5.50. The van der Waals surface area contributed by atoms with Crippen molar-refractivity contribution in [2.45, 2.75) is 26.4 Å². The maximum Gasteiger partial charge on any atom is 0.122 e. The van der Waals surface area contributed by atoms with Crippen molar-refractivity contribution < 1.29 is 4.42 Å². The van der Waals surface area contributed by atoms with E-state index in [1.54, 1.807) is 6.26 Å². The normalized spacial score (nSPS) is 10.9. The minimum atomic E-state index is 0.835. The van der Waals surface area contributed by atoms with Gasteiger partial charge in [-0.2, -0.15) is 0 Å². The van der Waals surface area contributed by atoms with Crippen LogP contribution in [0.5, 0.6) is 0 Å². The van der Waals surface area contributed by atoms with Crippen LogP contribution in [-0.4, -0.2) is 25.0 Å². The molecule has 0 unspecified atom stereocenters. The molecule has 1 aromatic rings. The molecule has 0 saturated heterocycles. The third-order valence-corrected chi connectivity index (χ3v) is 2.43. The molecule has 90 valence electrons. The zero-order valence-electron chi connectivity index (χ0n) is 10.3. The van der Waals surface area contributed by atoms with Crippen molar-refractivity contribution in [3.05, 3.63) is 36.3 Å². The van der Waals surface area contributed by atoms with E-state index in [4.69, 9.17) is 4.42 Å². The monoisotopic (exact) mass is 222 g/mol. The van der Waals surface area contributed by atoms with Crippen molar-refractivity contribution in [1.82, 2.24) is 10.2 Å². The summed E-state index contributed by atoms with van der Waals surface area (Å²) in [4.78, 5) is 2.18. The van der Waals surface area contributed by atoms with Gasteiger partial charge in [0.15, 0.2) is 0 Å². The first-order valence-electron chi connectivity index (χ1n) is 5.83. The fourth-order valence-electron chi connectivity index (χ4n) is 1.59. The Labute approximate surface area is 98.1 Å². The molecule has 0 atom stereocenters. The molecule has 0 radical (unpaired) electrons. The Morgan fingerprint density at radius 3 is 3.06 bits per heavy atom. The van der Waals surface area contributed by atoms with Gasteiger partial charge in [-0.15, -0.1) is 6.58 Å². The van der Waals surface area contributed by atoms with E-state index in [1.165, 1.54) is 5.56 Å². The number of furan rings is 1. The molecule has 0 fully saturated rings. The third-order valence-electron chi connectivity index (χ3n) is 2.43. The van der Waals surface area contributed by atoms with Crippen molar-refractivity contribution in [3.63, 3.8) is 0 Å². The highest BCUT2D eigenvalue weighted by Crippen LogP contribution is 2.12. The molecule has 1 rings (SSSR count). The van der Waals surface area contributed by atoms with E-state index in [0.717, 1.165) is 38.4 Å². The van der Waals surface area contributed by atoms with Crippen LogP contribution in [0.2, 0.25) is 0 Å². The summed E-state index contributed by atoms with van der Waals surface area (Å²) in [5.74, 6) is 1.05. The number of hydrogen-bond donors (Lipinski definition) is 1. The van der Waals surface area contributed by atoms with Crippen LogP contribution in [0.3, 0.4) is 0 Å². The lowest BCUT2D eigenvalue weighted by molar-refractivity contribution is 0.320. The van der Waals surface area contributed by atoms with Crippen molar-refractivity contribution in [2.75, 3.05) is 20.1 Å². The number of hydrogen-bond acceptors (Lipinski definition) is 3. The van der Waals surface area contributed by atoms with Gasteiger partial charge in [-0.1, -0.05) is 13.0 Å². The van der Waals surface area contributed by atoms with Gasteiger partial charge in [-0.05, 0) is 26.1 Å². The highest BCUT2D eigenvalue weighted by Gasteiger charge is 2.07. The van der Waals surface area contributed by atoms with Gasteiger partial charge in [0.05, 0.1) is 12.8 Å². The molecule has 0 aliphatic carbocycles. The first kappa shape index (κ1) is 13.0. The Morgan fingerprint density at radius 1 is 1.56 bits per heavy atom. The predicted molar refractivity (Wildman–Crippen MR) is 67.2 cm³/mol. The smallest absolute Gasteiger partial charge is 0.122 e. The van der Waals surface area contributed by atoms with Crippen LogP contribution in [-0.2, 0) is 13.1 Å². The minimum Gasteiger partial charge on any atom is -0.468 e. The van der Waals surface area contributed by atoms with Gasteiger partial charge in [-0.25, -0.2) is 0 Å². The largest absolute Gasteiger partial charge is 0.468 e. The molecule has 16 heavy (non-hydrogen) atoms. The van der Waals surface area contributed by atoms with Crippen LogP contribution in [0.25, 0.3) is 0 Å². The Balaban J connectivity index is 2.46. The van der Waals surface area contributed by atoms with E-state index in [9.17, 15) is 0 Å². The molecule has 0 spiro atoms. The fraction of sp³-hybridized carbons (Fsp3) is 0.538. The van der Waals surface area contributed by atoms with Gasteiger partial charge in [0.25, 0.3) is 0 Å². The summed E-state index contributed by atoms with van der Waals surface area (Å²) in [7, 11) is 2.06. The van der Waals surface area contributed by atoms with Gasteiger partial charge in [0, 0.05) is 18.7 Å². The van der Waals surface area contributed by atoms with E-state index in [0.29, 0.717) is 0 Å². The average molecular weight is 222 g/mol. The maximum absolute atomic E-state index is 5.50. The summed E-state index contributed by atoms with van der Waals surface area (Å²) in [6.07, 6.45) is 4.82. The van der Waals surface area contributed by atoms with Crippen LogP contribution < -0.4 is 5.32 Å². The number of nitrogens with zero attached hydrogens (tertiary/aromatic N) is 1. The highest BCUT2D eigenvalue weighted by atomic mass is 16.3. The quantitative estimate of drug-likeness (QED) is 0.541. The lowest BCUT2D eigenvalue weighted by Gasteiger charge is -2.13. The van der Waals surface area contributed by atoms with E-state index in [2.05, 4.69) is 30.8 Å². The molecule has 1 aromatic heterocycles. The van der Waals surface area contributed by atoms with Crippen LogP contribution >= 0.6 is 0 Å². The molecule has 0 aliphatic rings. The molecule has 3 nitrogen and oxygen atoms in total. The molecule has 0 aromatic carbocycles. The Hall–Kier alpha value is -1.06. The third kappa shape index (κ3) is 4.21. The molecule has 0 aliphatic heterocycles. The Morgan fingerprint density at radius 2 is 2.38 bits per heavy atom. The molecule has 0 bridgehead atoms. The standard InChI is InChI=1S/C13H22N2O/c1-4-7-14-10-12-6-9-16-13(12)11-15(3)8-5-2/h5-6,9,14H,2,4,7-8,10-11H2,1,3H3. The second kappa shape index (κ2) is 7.25. The van der Waals surface area contributed by atoms with Gasteiger partial charge in [0.2, 0.25) is 0 Å². The zero-order valence-corrected chi connectivity index (χ0v) is 10.3. The summed E-state index contributed by atoms with van der Waals surface area (Å²) in [5.41, 5.74) is 1.25. The van der Waals surface area contributed by atoms with Gasteiger partial charge < -0.3 is 9.73 Å². The summed E-state index contributed by atoms with van der Waals surface area (Å²) >= 11 is 0. The van der Waals surface area contributed by atoms with E-state index in [1.807, 2.05) is 12.1 Å². The van der Waals surface area contributed by atoms with Gasteiger partial charge >= 0.3 is 0 Å². The highest BCUT2D eigenvalue weighted by molar-refractivity contribution is 5.16.